The molecule has 414 valence electrons. The van der Waals surface area contributed by atoms with Crippen molar-refractivity contribution in [2.45, 2.75) is 102 Å². The minimum atomic E-state index is -5.53. The standard InChI is InChI=1S/2C19H16O2S.C13H8N2O2S.C10H17F3O3SSi/c2*20-19-17(13-7-2-1-3-8-13)14-9-4-5-10-15(14)18(21-19)16-11-6-12-22-16;16-13-11(9-5-2-1-3-6-9)14-15-12(17-13)10-7-4-8-18-10;1-18(2,3)9-7-5-4-6-8(9)16-17(14,15)10(11,12)13/h2*1-3,6-8,11-12H,4-5,9-10H2;1-8H;4-7H2,1-3H3. The van der Waals surface area contributed by atoms with Gasteiger partial charge in [0.2, 0.25) is 0 Å². The molecular formula is C61H57F3N2O9S4Si. The molecule has 12 rings (SSSR count). The first-order valence-corrected chi connectivity index (χ1v) is 33.8. The van der Waals surface area contributed by atoms with Crippen LogP contribution < -0.4 is 16.9 Å². The Balaban J connectivity index is 0.000000130. The van der Waals surface area contributed by atoms with Gasteiger partial charge in [0.1, 0.15) is 5.76 Å². The second kappa shape index (κ2) is 25.6. The minimum absolute atomic E-state index is 0.0257. The molecule has 0 amide bonds. The maximum atomic E-state index is 12.6. The fourth-order valence-electron chi connectivity index (χ4n) is 10.0. The summed E-state index contributed by atoms with van der Waals surface area (Å²) < 4.78 is 80.0. The quantitative estimate of drug-likeness (QED) is 0.0769. The number of alkyl halides is 3. The molecule has 6 heterocycles. The summed E-state index contributed by atoms with van der Waals surface area (Å²) >= 11 is 4.70. The molecule has 0 atom stereocenters. The Morgan fingerprint density at radius 3 is 1.31 bits per heavy atom. The molecule has 0 unspecified atom stereocenters. The number of benzene rings is 3. The molecule has 3 aliphatic rings. The molecule has 11 nitrogen and oxygen atoms in total. The van der Waals surface area contributed by atoms with Crippen LogP contribution in [0.1, 0.15) is 73.6 Å². The normalized spacial score (nSPS) is 14.2. The second-order valence-corrected chi connectivity index (χ2v) is 29.6. The van der Waals surface area contributed by atoms with E-state index in [9.17, 15) is 36.0 Å². The van der Waals surface area contributed by atoms with Crippen molar-refractivity contribution in [1.82, 2.24) is 10.2 Å². The number of nitrogens with zero attached hydrogens (tertiary/aromatic N) is 2. The maximum Gasteiger partial charge on any atom is 0.534 e. The van der Waals surface area contributed by atoms with Crippen LogP contribution >= 0.6 is 34.0 Å². The number of halogens is 3. The highest BCUT2D eigenvalue weighted by Crippen LogP contribution is 2.40. The summed E-state index contributed by atoms with van der Waals surface area (Å²) in [5.41, 5.74) is 2.97. The van der Waals surface area contributed by atoms with Gasteiger partial charge in [-0.2, -0.15) is 21.6 Å². The van der Waals surface area contributed by atoms with Crippen molar-refractivity contribution in [2.75, 3.05) is 0 Å². The molecule has 0 saturated carbocycles. The molecule has 0 aliphatic heterocycles. The van der Waals surface area contributed by atoms with Crippen molar-refractivity contribution >= 4 is 52.2 Å². The number of hydrogen-bond acceptors (Lipinski definition) is 14. The zero-order chi connectivity index (χ0) is 56.4. The number of allylic oxidation sites excluding steroid dienone is 2. The molecule has 0 bridgehead atoms. The number of thiophene rings is 3. The van der Waals surface area contributed by atoms with Gasteiger partial charge in [0.25, 0.3) is 5.89 Å². The molecule has 19 heteroatoms. The molecule has 0 saturated heterocycles. The van der Waals surface area contributed by atoms with Gasteiger partial charge in [0.05, 0.1) is 33.8 Å². The van der Waals surface area contributed by atoms with Crippen LogP contribution in [0.2, 0.25) is 19.6 Å². The highest BCUT2D eigenvalue weighted by molar-refractivity contribution is 7.87. The summed E-state index contributed by atoms with van der Waals surface area (Å²) in [5.74, 6) is 1.86. The topological polar surface area (TPSA) is 160 Å². The van der Waals surface area contributed by atoms with Gasteiger partial charge in [-0.15, -0.1) is 44.2 Å². The van der Waals surface area contributed by atoms with Crippen LogP contribution in [0.3, 0.4) is 0 Å². The molecule has 0 fully saturated rings. The van der Waals surface area contributed by atoms with Gasteiger partial charge in [0.15, 0.2) is 17.2 Å². The fraction of sp³-hybridized carbons (Fsp3) is 0.262. The van der Waals surface area contributed by atoms with E-state index >= 15 is 0 Å². The molecule has 0 spiro atoms. The van der Waals surface area contributed by atoms with Crippen LogP contribution in [0.5, 0.6) is 0 Å². The summed E-state index contributed by atoms with van der Waals surface area (Å²) in [6, 6.07) is 40.7. The third kappa shape index (κ3) is 13.6. The molecule has 0 radical (unpaired) electrons. The Kier molecular flexibility index (Phi) is 18.5. The largest absolute Gasteiger partial charge is 0.534 e. The van der Waals surface area contributed by atoms with E-state index < -0.39 is 29.3 Å². The van der Waals surface area contributed by atoms with Crippen molar-refractivity contribution in [3.05, 3.63) is 208 Å². The van der Waals surface area contributed by atoms with Gasteiger partial charge in [-0.05, 0) is 132 Å². The molecule has 0 N–H and O–H groups in total. The number of hydrogen-bond donors (Lipinski definition) is 0. The van der Waals surface area contributed by atoms with E-state index in [1.165, 1.54) is 33.6 Å². The van der Waals surface area contributed by atoms with Crippen LogP contribution in [0.4, 0.5) is 13.2 Å². The van der Waals surface area contributed by atoms with E-state index in [1.54, 1.807) is 34.8 Å². The number of fused-ring (bicyclic) bond motifs is 2. The summed E-state index contributed by atoms with van der Waals surface area (Å²) in [5, 5.41) is 14.6. The van der Waals surface area contributed by atoms with Crippen LogP contribution in [0.25, 0.3) is 65.6 Å². The average Bonchev–Trinajstić information content (AvgIpc) is 4.34. The SMILES string of the molecule is C[Si](C)(C)C1=C(OS(=O)(=O)C(F)(F)F)CCCC1.O=c1oc(-c2cccs2)c2c(c1-c1ccccc1)CCCC2.O=c1oc(-c2cccs2)c2c(c1-c1ccccc1)CCCC2.O=c1oc(-c2cccs2)nnc1-c1ccccc1. The zero-order valence-corrected chi connectivity index (χ0v) is 48.4. The summed E-state index contributed by atoms with van der Waals surface area (Å²) in [7, 11) is -7.38. The highest BCUT2D eigenvalue weighted by Gasteiger charge is 2.49. The average molecular weight is 1180 g/mol. The van der Waals surface area contributed by atoms with Gasteiger partial charge in [-0.1, -0.05) is 129 Å². The van der Waals surface area contributed by atoms with Gasteiger partial charge < -0.3 is 17.4 Å². The predicted octanol–water partition coefficient (Wildman–Crippen LogP) is 16.2. The Hall–Kier alpha value is -7.03. The maximum absolute atomic E-state index is 12.6. The minimum Gasteiger partial charge on any atom is -0.421 e. The zero-order valence-electron chi connectivity index (χ0n) is 44.2. The van der Waals surface area contributed by atoms with Gasteiger partial charge in [0, 0.05) is 23.1 Å². The monoisotopic (exact) mass is 1170 g/mol. The first kappa shape index (κ1) is 57.6. The second-order valence-electron chi connectivity index (χ2n) is 20.1. The molecule has 9 aromatic rings. The predicted molar refractivity (Wildman–Crippen MR) is 315 cm³/mol. The van der Waals surface area contributed by atoms with Crippen molar-refractivity contribution in [2.24, 2.45) is 0 Å². The van der Waals surface area contributed by atoms with Crippen LogP contribution in [-0.4, -0.2) is 32.2 Å². The first-order valence-electron chi connectivity index (χ1n) is 26.2. The first-order chi connectivity index (χ1) is 38.5. The Morgan fingerprint density at radius 1 is 0.487 bits per heavy atom. The molecule has 80 heavy (non-hydrogen) atoms. The van der Waals surface area contributed by atoms with E-state index in [0.29, 0.717) is 18.4 Å². The molecule has 3 aliphatic carbocycles. The summed E-state index contributed by atoms with van der Waals surface area (Å²) in [4.78, 5) is 40.1. The van der Waals surface area contributed by atoms with Crippen LogP contribution in [-0.2, 0) is 40.0 Å². The lowest BCUT2D eigenvalue weighted by Gasteiger charge is -2.28. The van der Waals surface area contributed by atoms with E-state index in [4.69, 9.17) is 13.3 Å². The number of aromatic nitrogens is 2. The lowest BCUT2D eigenvalue weighted by molar-refractivity contribution is -0.0524. The third-order valence-electron chi connectivity index (χ3n) is 13.7. The van der Waals surface area contributed by atoms with Crippen molar-refractivity contribution in [3.8, 4) is 65.6 Å². The van der Waals surface area contributed by atoms with E-state index in [0.717, 1.165) is 111 Å². The Labute approximate surface area is 474 Å². The highest BCUT2D eigenvalue weighted by atomic mass is 32.2. The summed E-state index contributed by atoms with van der Waals surface area (Å²) in [6.45, 7) is 5.91. The van der Waals surface area contributed by atoms with Gasteiger partial charge >= 0.3 is 32.5 Å². The van der Waals surface area contributed by atoms with Crippen molar-refractivity contribution in [3.63, 3.8) is 0 Å². The fourth-order valence-corrected chi connectivity index (χ4v) is 14.7. The molecular weight excluding hydrogens is 1120 g/mol. The van der Waals surface area contributed by atoms with E-state index in [2.05, 4.69) is 14.4 Å². The smallest absolute Gasteiger partial charge is 0.421 e. The van der Waals surface area contributed by atoms with Crippen LogP contribution in [0.15, 0.2) is 182 Å². The summed E-state index contributed by atoms with van der Waals surface area (Å²) in [6.07, 6.45) is 11.0. The Bertz CT molecular complexity index is 3710. The lowest BCUT2D eigenvalue weighted by atomic mass is 9.86. The third-order valence-corrected chi connectivity index (χ3v) is 19.6. The molecule has 3 aromatic carbocycles. The lowest BCUT2D eigenvalue weighted by Crippen LogP contribution is -2.31. The molecule has 6 aromatic heterocycles. The van der Waals surface area contributed by atoms with Crippen molar-refractivity contribution in [1.29, 1.82) is 0 Å². The van der Waals surface area contributed by atoms with Gasteiger partial charge in [-0.25, -0.2) is 14.4 Å². The number of rotatable bonds is 9. The van der Waals surface area contributed by atoms with Crippen LogP contribution in [0, 0.1) is 0 Å². The van der Waals surface area contributed by atoms with E-state index in [1.807, 2.05) is 151 Å². The van der Waals surface area contributed by atoms with E-state index in [-0.39, 0.29) is 35.0 Å². The van der Waals surface area contributed by atoms with Gasteiger partial charge in [-0.3, -0.25) is 0 Å². The van der Waals surface area contributed by atoms with Crippen molar-refractivity contribution < 1.29 is 39.0 Å². The Morgan fingerprint density at radius 2 is 0.900 bits per heavy atom.